The van der Waals surface area contributed by atoms with E-state index in [1.54, 1.807) is 17.5 Å². The van der Waals surface area contributed by atoms with Gasteiger partial charge in [-0.2, -0.15) is 0 Å². The molecule has 2 aromatic heterocycles. The summed E-state index contributed by atoms with van der Waals surface area (Å²) in [6, 6.07) is 9.10. The third kappa shape index (κ3) is 4.67. The summed E-state index contributed by atoms with van der Waals surface area (Å²) in [5.74, 6) is 0.187. The maximum atomic E-state index is 13.8. The van der Waals surface area contributed by atoms with Crippen LogP contribution in [0, 0.1) is 11.8 Å². The van der Waals surface area contributed by atoms with Crippen LogP contribution in [-0.2, 0) is 21.5 Å². The largest absolute Gasteiger partial charge is 0.343 e. The fourth-order valence-corrected chi connectivity index (χ4v) is 5.56. The number of amides is 4. The number of likely N-dealkylation sites (tertiary alicyclic amines) is 1. The molecule has 2 aliphatic heterocycles. The summed E-state index contributed by atoms with van der Waals surface area (Å²) < 4.78 is 0. The molecule has 0 radical (unpaired) electrons. The predicted molar refractivity (Wildman–Crippen MR) is 128 cm³/mol. The number of hydrogen-bond acceptors (Lipinski definition) is 5. The molecule has 4 heterocycles. The van der Waals surface area contributed by atoms with Crippen LogP contribution in [-0.4, -0.2) is 52.3 Å². The first-order valence-electron chi connectivity index (χ1n) is 11.8. The van der Waals surface area contributed by atoms with Crippen molar-refractivity contribution in [3.63, 3.8) is 0 Å². The lowest BCUT2D eigenvalue weighted by Crippen LogP contribution is -2.54. The fourth-order valence-electron chi connectivity index (χ4n) is 4.86. The Morgan fingerprint density at radius 1 is 1.24 bits per heavy atom. The zero-order chi connectivity index (χ0) is 23.4. The second kappa shape index (κ2) is 10.0. The molecule has 0 aromatic carbocycles. The second-order valence-electron chi connectivity index (χ2n) is 9.11. The SMILES string of the molecule is CC[C@@H](C)CC(=O)N1CCC([C@@]2(c3ccccn3)NC(=O)N(CCc3cccs3)C2=O)CC1. The van der Waals surface area contributed by atoms with Crippen molar-refractivity contribution in [2.75, 3.05) is 19.6 Å². The number of hydrogen-bond donors (Lipinski definition) is 1. The van der Waals surface area contributed by atoms with E-state index in [2.05, 4.69) is 24.1 Å². The van der Waals surface area contributed by atoms with Crippen LogP contribution in [0.25, 0.3) is 0 Å². The van der Waals surface area contributed by atoms with Crippen LogP contribution < -0.4 is 5.32 Å². The van der Waals surface area contributed by atoms with Crippen molar-refractivity contribution in [1.82, 2.24) is 20.1 Å². The number of rotatable bonds is 8. The van der Waals surface area contributed by atoms with Crippen molar-refractivity contribution in [2.24, 2.45) is 11.8 Å². The third-order valence-electron chi connectivity index (χ3n) is 7.04. The van der Waals surface area contributed by atoms with Crippen molar-refractivity contribution in [3.8, 4) is 0 Å². The molecule has 7 nitrogen and oxygen atoms in total. The van der Waals surface area contributed by atoms with E-state index in [0.29, 0.717) is 56.9 Å². The van der Waals surface area contributed by atoms with Crippen molar-refractivity contribution < 1.29 is 14.4 Å². The maximum absolute atomic E-state index is 13.8. The van der Waals surface area contributed by atoms with Crippen LogP contribution in [0.4, 0.5) is 4.79 Å². The Labute approximate surface area is 199 Å². The number of imide groups is 1. The van der Waals surface area contributed by atoms with Crippen LogP contribution in [0.3, 0.4) is 0 Å². The molecule has 176 valence electrons. The highest BCUT2D eigenvalue weighted by Crippen LogP contribution is 2.40. The Bertz CT molecular complexity index is 973. The highest BCUT2D eigenvalue weighted by Gasteiger charge is 2.58. The molecule has 0 unspecified atom stereocenters. The van der Waals surface area contributed by atoms with Crippen molar-refractivity contribution in [2.45, 2.75) is 51.5 Å². The Hall–Kier alpha value is -2.74. The Balaban J connectivity index is 1.53. The molecule has 2 fully saturated rings. The number of nitrogens with zero attached hydrogens (tertiary/aromatic N) is 3. The first-order valence-corrected chi connectivity index (χ1v) is 12.7. The van der Waals surface area contributed by atoms with Gasteiger partial charge in [0, 0.05) is 43.0 Å². The van der Waals surface area contributed by atoms with Crippen LogP contribution in [0.5, 0.6) is 0 Å². The normalized spacial score (nSPS) is 22.5. The molecular formula is C25H32N4O3S. The number of carbonyl (C=O) groups is 3. The van der Waals surface area contributed by atoms with Gasteiger partial charge in [0.1, 0.15) is 0 Å². The molecule has 2 aromatic rings. The summed E-state index contributed by atoms with van der Waals surface area (Å²) in [6.07, 6.45) is 5.13. The van der Waals surface area contributed by atoms with Gasteiger partial charge in [-0.1, -0.05) is 32.4 Å². The fraction of sp³-hybridized carbons (Fsp3) is 0.520. The van der Waals surface area contributed by atoms with E-state index in [0.717, 1.165) is 11.3 Å². The number of carbonyl (C=O) groups excluding carboxylic acids is 3. The number of nitrogens with one attached hydrogen (secondary N) is 1. The second-order valence-corrected chi connectivity index (χ2v) is 10.1. The predicted octanol–water partition coefficient (Wildman–Crippen LogP) is 3.81. The molecule has 4 amide bonds. The highest BCUT2D eigenvalue weighted by atomic mass is 32.1. The van der Waals surface area contributed by atoms with Crippen LogP contribution >= 0.6 is 11.3 Å². The van der Waals surface area contributed by atoms with Gasteiger partial charge in [0.15, 0.2) is 5.54 Å². The van der Waals surface area contributed by atoms with Crippen LogP contribution in [0.15, 0.2) is 41.9 Å². The molecule has 2 atom stereocenters. The van der Waals surface area contributed by atoms with Gasteiger partial charge in [0.2, 0.25) is 5.91 Å². The van der Waals surface area contributed by atoms with E-state index < -0.39 is 5.54 Å². The average Bonchev–Trinajstić information content (AvgIpc) is 3.45. The topological polar surface area (TPSA) is 82.6 Å². The molecule has 0 bridgehead atoms. The summed E-state index contributed by atoms with van der Waals surface area (Å²) in [5.41, 5.74) is -0.606. The van der Waals surface area contributed by atoms with Crippen LogP contribution in [0.1, 0.15) is 50.1 Å². The van der Waals surface area contributed by atoms with E-state index >= 15 is 0 Å². The van der Waals surface area contributed by atoms with E-state index in [-0.39, 0.29) is 23.8 Å². The van der Waals surface area contributed by atoms with Crippen molar-refractivity contribution in [1.29, 1.82) is 0 Å². The van der Waals surface area contributed by atoms with Gasteiger partial charge in [-0.15, -0.1) is 11.3 Å². The number of piperidine rings is 1. The Morgan fingerprint density at radius 2 is 2.03 bits per heavy atom. The van der Waals surface area contributed by atoms with Gasteiger partial charge in [0.25, 0.3) is 5.91 Å². The maximum Gasteiger partial charge on any atom is 0.325 e. The minimum absolute atomic E-state index is 0.122. The summed E-state index contributed by atoms with van der Waals surface area (Å²) in [6.45, 7) is 5.71. The van der Waals surface area contributed by atoms with E-state index in [9.17, 15) is 14.4 Å². The van der Waals surface area contributed by atoms with Crippen molar-refractivity contribution >= 4 is 29.2 Å². The minimum Gasteiger partial charge on any atom is -0.343 e. The molecule has 33 heavy (non-hydrogen) atoms. The number of pyridine rings is 1. The number of urea groups is 1. The molecule has 8 heteroatoms. The molecule has 2 saturated heterocycles. The zero-order valence-corrected chi connectivity index (χ0v) is 20.1. The van der Waals surface area contributed by atoms with Crippen molar-refractivity contribution in [3.05, 3.63) is 52.5 Å². The standard InChI is InChI=1S/C25H32N4O3S/c1-3-18(2)17-22(30)28-13-9-19(10-14-28)25(21-8-4-5-12-26-21)23(31)29(24(32)27-25)15-11-20-7-6-16-33-20/h4-8,12,16,18-19H,3,9-11,13-15,17H2,1-2H3,(H,27,32)/t18-,25+/m1/s1. The molecule has 0 spiro atoms. The van der Waals surface area contributed by atoms with Gasteiger partial charge in [-0.3, -0.25) is 19.5 Å². The van der Waals surface area contributed by atoms with E-state index in [1.807, 2.05) is 40.6 Å². The molecule has 0 aliphatic carbocycles. The van der Waals surface area contributed by atoms with Gasteiger partial charge in [-0.25, -0.2) is 4.79 Å². The number of thiophene rings is 1. The Kier molecular flexibility index (Phi) is 7.12. The van der Waals surface area contributed by atoms with Crippen LogP contribution in [0.2, 0.25) is 0 Å². The van der Waals surface area contributed by atoms with Gasteiger partial charge >= 0.3 is 6.03 Å². The third-order valence-corrected chi connectivity index (χ3v) is 7.98. The highest BCUT2D eigenvalue weighted by molar-refractivity contribution is 7.09. The molecule has 2 aliphatic rings. The lowest BCUT2D eigenvalue weighted by atomic mass is 9.75. The monoisotopic (exact) mass is 468 g/mol. The first-order chi connectivity index (χ1) is 16.0. The summed E-state index contributed by atoms with van der Waals surface area (Å²) >= 11 is 1.62. The molecular weight excluding hydrogens is 436 g/mol. The minimum atomic E-state index is -1.18. The smallest absolute Gasteiger partial charge is 0.325 e. The van der Waals surface area contributed by atoms with E-state index in [1.165, 1.54) is 4.90 Å². The lowest BCUT2D eigenvalue weighted by Gasteiger charge is -2.40. The van der Waals surface area contributed by atoms with Gasteiger partial charge in [0.05, 0.1) is 5.69 Å². The first kappa shape index (κ1) is 23.4. The summed E-state index contributed by atoms with van der Waals surface area (Å²) in [5, 5.41) is 5.04. The molecule has 4 rings (SSSR count). The van der Waals surface area contributed by atoms with Gasteiger partial charge < -0.3 is 10.2 Å². The summed E-state index contributed by atoms with van der Waals surface area (Å²) in [4.78, 5) is 48.4. The number of aromatic nitrogens is 1. The summed E-state index contributed by atoms with van der Waals surface area (Å²) in [7, 11) is 0. The quantitative estimate of drug-likeness (QED) is 0.598. The zero-order valence-electron chi connectivity index (χ0n) is 19.3. The average molecular weight is 469 g/mol. The molecule has 0 saturated carbocycles. The van der Waals surface area contributed by atoms with E-state index in [4.69, 9.17) is 0 Å². The Morgan fingerprint density at radius 3 is 2.67 bits per heavy atom. The van der Waals surface area contributed by atoms with Gasteiger partial charge in [-0.05, 0) is 48.8 Å². The lowest BCUT2D eigenvalue weighted by molar-refractivity contribution is -0.137. The molecule has 1 N–H and O–H groups in total.